The highest BCUT2D eigenvalue weighted by atomic mass is 16.3. The van der Waals surface area contributed by atoms with Gasteiger partial charge in [0.15, 0.2) is 0 Å². The maximum Gasteiger partial charge on any atom is 0.117 e. The van der Waals surface area contributed by atoms with E-state index < -0.39 is 0 Å². The Morgan fingerprint density at radius 1 is 1.20 bits per heavy atom. The van der Waals surface area contributed by atoms with Crippen LogP contribution in [0.1, 0.15) is 26.0 Å². The van der Waals surface area contributed by atoms with Gasteiger partial charge in [-0.05, 0) is 11.8 Å². The van der Waals surface area contributed by atoms with Gasteiger partial charge in [0.05, 0.1) is 0 Å². The lowest BCUT2D eigenvalue weighted by atomic mass is 9.90. The molecule has 0 amide bonds. The quantitative estimate of drug-likeness (QED) is 0.721. The Hall–Kier alpha value is -1.72. The molecule has 1 aromatic carbocycles. The zero-order valence-corrected chi connectivity index (χ0v) is 12.1. The minimum atomic E-state index is 0.0748. The highest BCUT2D eigenvalue weighted by Crippen LogP contribution is 2.20. The van der Waals surface area contributed by atoms with Crippen LogP contribution in [0.4, 0.5) is 0 Å². The second-order valence-electron chi connectivity index (χ2n) is 5.73. The molecule has 0 spiro atoms. The van der Waals surface area contributed by atoms with Gasteiger partial charge in [-0.1, -0.05) is 44.2 Å². The smallest absolute Gasteiger partial charge is 0.117 e. The van der Waals surface area contributed by atoms with Crippen molar-refractivity contribution in [2.24, 2.45) is 5.41 Å². The first-order valence-electron chi connectivity index (χ1n) is 6.89. The van der Waals surface area contributed by atoms with Crippen molar-refractivity contribution in [3.05, 3.63) is 36.0 Å². The van der Waals surface area contributed by atoms with Gasteiger partial charge >= 0.3 is 0 Å². The third-order valence-electron chi connectivity index (χ3n) is 3.35. The number of aromatic nitrogens is 3. The Kier molecular flexibility index (Phi) is 4.87. The van der Waals surface area contributed by atoms with Crippen LogP contribution in [0, 0.1) is 5.41 Å². The van der Waals surface area contributed by atoms with Gasteiger partial charge in [-0.2, -0.15) is 15.4 Å². The average molecular weight is 274 g/mol. The third kappa shape index (κ3) is 3.88. The Labute approximate surface area is 119 Å². The molecule has 3 N–H and O–H groups in total. The summed E-state index contributed by atoms with van der Waals surface area (Å²) in [5.41, 5.74) is 2.94. The monoisotopic (exact) mass is 274 g/mol. The van der Waals surface area contributed by atoms with Crippen molar-refractivity contribution in [2.75, 3.05) is 13.2 Å². The molecule has 1 heterocycles. The van der Waals surface area contributed by atoms with Crippen LogP contribution in [0.15, 0.2) is 30.3 Å². The summed E-state index contributed by atoms with van der Waals surface area (Å²) in [6, 6.07) is 10.0. The highest BCUT2D eigenvalue weighted by Gasteiger charge is 2.17. The standard InChI is InChI=1S/C15H22N4O/c1-15(2,8-9-20)11-16-10-13-14(18-19-17-13)12-6-4-3-5-7-12/h3-7,16,20H,8-11H2,1-2H3,(H,17,18,19). The van der Waals surface area contributed by atoms with E-state index in [4.69, 9.17) is 5.11 Å². The minimum Gasteiger partial charge on any atom is -0.396 e. The largest absolute Gasteiger partial charge is 0.396 e. The molecular formula is C15H22N4O. The first kappa shape index (κ1) is 14.7. The Bertz CT molecular complexity index is 522. The fourth-order valence-corrected chi connectivity index (χ4v) is 2.11. The minimum absolute atomic E-state index is 0.0748. The van der Waals surface area contributed by atoms with Gasteiger partial charge in [0.25, 0.3) is 0 Å². The van der Waals surface area contributed by atoms with Crippen molar-refractivity contribution >= 4 is 0 Å². The number of benzene rings is 1. The van der Waals surface area contributed by atoms with Crippen LogP contribution in [0.25, 0.3) is 11.3 Å². The molecule has 2 rings (SSSR count). The van der Waals surface area contributed by atoms with E-state index >= 15 is 0 Å². The number of aliphatic hydroxyl groups excluding tert-OH is 1. The summed E-state index contributed by atoms with van der Waals surface area (Å²) in [5.74, 6) is 0. The van der Waals surface area contributed by atoms with E-state index in [1.54, 1.807) is 0 Å². The molecule has 0 fully saturated rings. The number of hydrogen-bond donors (Lipinski definition) is 3. The molecule has 1 aromatic heterocycles. The number of rotatable bonds is 7. The molecule has 0 unspecified atom stereocenters. The van der Waals surface area contributed by atoms with Gasteiger partial charge in [-0.15, -0.1) is 0 Å². The number of H-pyrrole nitrogens is 1. The Balaban J connectivity index is 1.97. The van der Waals surface area contributed by atoms with Gasteiger partial charge in [0.2, 0.25) is 0 Å². The van der Waals surface area contributed by atoms with Crippen molar-refractivity contribution in [2.45, 2.75) is 26.8 Å². The van der Waals surface area contributed by atoms with Crippen LogP contribution < -0.4 is 5.32 Å². The summed E-state index contributed by atoms with van der Waals surface area (Å²) in [7, 11) is 0. The second kappa shape index (κ2) is 6.63. The molecule has 0 aliphatic heterocycles. The number of aromatic amines is 1. The lowest BCUT2D eigenvalue weighted by molar-refractivity contribution is 0.207. The van der Waals surface area contributed by atoms with E-state index in [0.717, 1.165) is 29.9 Å². The molecule has 5 nitrogen and oxygen atoms in total. The zero-order chi connectivity index (χ0) is 14.4. The molecule has 20 heavy (non-hydrogen) atoms. The molecule has 0 saturated carbocycles. The van der Waals surface area contributed by atoms with Crippen molar-refractivity contribution in [1.29, 1.82) is 0 Å². The van der Waals surface area contributed by atoms with Crippen LogP contribution in [0.3, 0.4) is 0 Å². The lowest BCUT2D eigenvalue weighted by Crippen LogP contribution is -2.30. The summed E-state index contributed by atoms with van der Waals surface area (Å²) in [6.07, 6.45) is 0.782. The highest BCUT2D eigenvalue weighted by molar-refractivity contribution is 5.60. The van der Waals surface area contributed by atoms with Gasteiger partial charge in [-0.25, -0.2) is 0 Å². The van der Waals surface area contributed by atoms with Crippen molar-refractivity contribution < 1.29 is 5.11 Å². The molecular weight excluding hydrogens is 252 g/mol. The Morgan fingerprint density at radius 3 is 2.65 bits per heavy atom. The summed E-state index contributed by atoms with van der Waals surface area (Å²) in [6.45, 7) is 5.98. The van der Waals surface area contributed by atoms with E-state index in [0.29, 0.717) is 6.54 Å². The van der Waals surface area contributed by atoms with E-state index in [1.165, 1.54) is 0 Å². The van der Waals surface area contributed by atoms with Crippen LogP contribution in [0.5, 0.6) is 0 Å². The predicted molar refractivity (Wildman–Crippen MR) is 79.0 cm³/mol. The molecule has 108 valence electrons. The lowest BCUT2D eigenvalue weighted by Gasteiger charge is -2.23. The predicted octanol–water partition coefficient (Wildman–Crippen LogP) is 1.97. The van der Waals surface area contributed by atoms with Crippen LogP contribution >= 0.6 is 0 Å². The fraction of sp³-hybridized carbons (Fsp3) is 0.467. The molecule has 2 aromatic rings. The summed E-state index contributed by atoms with van der Waals surface area (Å²) < 4.78 is 0. The van der Waals surface area contributed by atoms with Gasteiger partial charge in [0.1, 0.15) is 11.4 Å². The number of aliphatic hydroxyl groups is 1. The van der Waals surface area contributed by atoms with Crippen LogP contribution in [-0.2, 0) is 6.54 Å². The molecule has 0 saturated heterocycles. The van der Waals surface area contributed by atoms with Crippen molar-refractivity contribution in [1.82, 2.24) is 20.7 Å². The van der Waals surface area contributed by atoms with Crippen LogP contribution in [0.2, 0.25) is 0 Å². The first-order chi connectivity index (χ1) is 9.62. The topological polar surface area (TPSA) is 73.8 Å². The van der Waals surface area contributed by atoms with Crippen LogP contribution in [-0.4, -0.2) is 33.7 Å². The molecule has 0 atom stereocenters. The average Bonchev–Trinajstić information content (AvgIpc) is 2.88. The molecule has 0 aliphatic carbocycles. The number of nitrogens with zero attached hydrogens (tertiary/aromatic N) is 2. The first-order valence-corrected chi connectivity index (χ1v) is 6.89. The molecule has 0 aliphatic rings. The number of nitrogens with one attached hydrogen (secondary N) is 2. The van der Waals surface area contributed by atoms with E-state index in [1.807, 2.05) is 30.3 Å². The third-order valence-corrected chi connectivity index (χ3v) is 3.35. The fourth-order valence-electron chi connectivity index (χ4n) is 2.11. The maximum atomic E-state index is 9.02. The molecule has 0 bridgehead atoms. The molecule has 0 radical (unpaired) electrons. The van der Waals surface area contributed by atoms with Gasteiger partial charge in [0, 0.05) is 25.3 Å². The number of hydrogen-bond acceptors (Lipinski definition) is 4. The van der Waals surface area contributed by atoms with E-state index in [-0.39, 0.29) is 12.0 Å². The molecule has 5 heteroatoms. The van der Waals surface area contributed by atoms with Gasteiger partial charge in [-0.3, -0.25) is 0 Å². The van der Waals surface area contributed by atoms with E-state index in [2.05, 4.69) is 34.6 Å². The summed E-state index contributed by atoms with van der Waals surface area (Å²) >= 11 is 0. The normalized spacial score (nSPS) is 11.8. The van der Waals surface area contributed by atoms with E-state index in [9.17, 15) is 0 Å². The summed E-state index contributed by atoms with van der Waals surface area (Å²) in [4.78, 5) is 0. The summed E-state index contributed by atoms with van der Waals surface area (Å²) in [5, 5.41) is 23.5. The van der Waals surface area contributed by atoms with Crippen molar-refractivity contribution in [3.63, 3.8) is 0 Å². The maximum absolute atomic E-state index is 9.02. The SMILES string of the molecule is CC(C)(CCO)CNCc1n[nH]nc1-c1ccccc1. The second-order valence-corrected chi connectivity index (χ2v) is 5.73. The Morgan fingerprint density at radius 2 is 1.95 bits per heavy atom. The van der Waals surface area contributed by atoms with Gasteiger partial charge < -0.3 is 10.4 Å². The van der Waals surface area contributed by atoms with Crippen molar-refractivity contribution in [3.8, 4) is 11.3 Å². The zero-order valence-electron chi connectivity index (χ0n) is 12.1.